The predicted octanol–water partition coefficient (Wildman–Crippen LogP) is 2.59. The summed E-state index contributed by atoms with van der Waals surface area (Å²) in [4.78, 5) is 11.2. The van der Waals surface area contributed by atoms with Gasteiger partial charge < -0.3 is 0 Å². The maximum Gasteiger partial charge on any atom is 0.473 e. The normalized spacial score (nSPS) is 14.4. The van der Waals surface area contributed by atoms with Gasteiger partial charge in [-0.15, -0.1) is 0 Å². The Hall–Kier alpha value is -2.11. The molecule has 6 heteroatoms. The second-order valence-corrected chi connectivity index (χ2v) is 3.30. The molecule has 0 saturated heterocycles. The van der Waals surface area contributed by atoms with Gasteiger partial charge in [-0.25, -0.2) is 0 Å². The molecular formula is C11H7F3N2O. The van der Waals surface area contributed by atoms with E-state index in [1.54, 1.807) is 24.3 Å². The molecule has 0 atom stereocenters. The lowest BCUT2D eigenvalue weighted by molar-refractivity contribution is -0.170. The first kappa shape index (κ1) is 11.4. The Bertz CT molecular complexity index is 506. The van der Waals surface area contributed by atoms with Crippen LogP contribution in [0.15, 0.2) is 35.4 Å². The van der Waals surface area contributed by atoms with Crippen molar-refractivity contribution in [1.29, 1.82) is 0 Å². The molecule has 1 heterocycles. The molecule has 0 unspecified atom stereocenters. The quantitative estimate of drug-likeness (QED) is 0.686. The zero-order valence-electron chi connectivity index (χ0n) is 8.48. The molecule has 0 saturated carbocycles. The molecule has 0 bridgehead atoms. The SMILES string of the molecule is O=C(N1N=CC=Cc2ccccc21)C(F)(F)F. The smallest absolute Gasteiger partial charge is 0.262 e. The summed E-state index contributed by atoms with van der Waals surface area (Å²) in [6.07, 6.45) is -0.747. The first-order valence-corrected chi connectivity index (χ1v) is 4.71. The highest BCUT2D eigenvalue weighted by Crippen LogP contribution is 2.28. The summed E-state index contributed by atoms with van der Waals surface area (Å²) in [6, 6.07) is 6.23. The lowest BCUT2D eigenvalue weighted by Gasteiger charge is -2.19. The summed E-state index contributed by atoms with van der Waals surface area (Å²) >= 11 is 0. The van der Waals surface area contributed by atoms with Crippen molar-refractivity contribution in [2.75, 3.05) is 5.01 Å². The molecule has 0 fully saturated rings. The van der Waals surface area contributed by atoms with E-state index in [0.29, 0.717) is 10.6 Å². The Morgan fingerprint density at radius 1 is 1.24 bits per heavy atom. The number of rotatable bonds is 0. The molecule has 0 spiro atoms. The molecular weight excluding hydrogens is 233 g/mol. The van der Waals surface area contributed by atoms with Crippen LogP contribution in [0.2, 0.25) is 0 Å². The van der Waals surface area contributed by atoms with Crippen LogP contribution < -0.4 is 5.01 Å². The zero-order valence-corrected chi connectivity index (χ0v) is 8.48. The van der Waals surface area contributed by atoms with Crippen molar-refractivity contribution in [3.8, 4) is 0 Å². The van der Waals surface area contributed by atoms with Gasteiger partial charge in [-0.3, -0.25) is 4.79 Å². The third kappa shape index (κ3) is 2.20. The number of anilines is 1. The Morgan fingerprint density at radius 3 is 2.65 bits per heavy atom. The molecule has 88 valence electrons. The van der Waals surface area contributed by atoms with E-state index < -0.39 is 12.1 Å². The number of fused-ring (bicyclic) bond motifs is 1. The summed E-state index contributed by atoms with van der Waals surface area (Å²) in [6.45, 7) is 0. The van der Waals surface area contributed by atoms with Crippen LogP contribution in [0.4, 0.5) is 18.9 Å². The molecule has 3 nitrogen and oxygen atoms in total. The average Bonchev–Trinajstić information content (AvgIpc) is 2.48. The van der Waals surface area contributed by atoms with Gasteiger partial charge in [0.05, 0.1) is 5.69 Å². The van der Waals surface area contributed by atoms with Gasteiger partial charge in [0, 0.05) is 11.8 Å². The van der Waals surface area contributed by atoms with Gasteiger partial charge in [-0.05, 0) is 12.1 Å². The molecule has 0 aromatic heterocycles. The number of hydrogen-bond donors (Lipinski definition) is 0. The van der Waals surface area contributed by atoms with Gasteiger partial charge >= 0.3 is 12.1 Å². The van der Waals surface area contributed by atoms with E-state index in [9.17, 15) is 18.0 Å². The van der Waals surface area contributed by atoms with Crippen molar-refractivity contribution in [3.05, 3.63) is 35.9 Å². The van der Waals surface area contributed by atoms with Crippen LogP contribution >= 0.6 is 0 Å². The number of para-hydroxylation sites is 1. The molecule has 17 heavy (non-hydrogen) atoms. The number of amides is 1. The van der Waals surface area contributed by atoms with Crippen molar-refractivity contribution in [2.24, 2.45) is 5.10 Å². The monoisotopic (exact) mass is 240 g/mol. The van der Waals surface area contributed by atoms with Crippen LogP contribution in [0.25, 0.3) is 6.08 Å². The number of carbonyl (C=O) groups excluding carboxylic acids is 1. The number of alkyl halides is 3. The Balaban J connectivity index is 2.48. The zero-order chi connectivity index (χ0) is 12.5. The number of carbonyl (C=O) groups is 1. The second-order valence-electron chi connectivity index (χ2n) is 3.30. The van der Waals surface area contributed by atoms with Crippen LogP contribution in [0.1, 0.15) is 5.56 Å². The predicted molar refractivity (Wildman–Crippen MR) is 57.5 cm³/mol. The maximum absolute atomic E-state index is 12.4. The van der Waals surface area contributed by atoms with E-state index in [1.807, 2.05) is 0 Å². The average molecular weight is 240 g/mol. The minimum Gasteiger partial charge on any atom is -0.262 e. The summed E-state index contributed by atoms with van der Waals surface area (Å²) in [5, 5.41) is 3.84. The van der Waals surface area contributed by atoms with Crippen molar-refractivity contribution < 1.29 is 18.0 Å². The number of nitrogens with zero attached hydrogens (tertiary/aromatic N) is 2. The molecule has 0 radical (unpaired) electrons. The van der Waals surface area contributed by atoms with Crippen molar-refractivity contribution in [3.63, 3.8) is 0 Å². The summed E-state index contributed by atoms with van der Waals surface area (Å²) in [5.74, 6) is -2.01. The van der Waals surface area contributed by atoms with E-state index in [-0.39, 0.29) is 5.69 Å². The van der Waals surface area contributed by atoms with Gasteiger partial charge in [0.15, 0.2) is 0 Å². The Labute approximate surface area is 94.8 Å². The standard InChI is InChI=1S/C11H7F3N2O/c12-11(13,14)10(17)16-9-6-2-1-4-8(9)5-3-7-15-16/h1-7H. The molecule has 1 aliphatic rings. The van der Waals surface area contributed by atoms with E-state index in [2.05, 4.69) is 5.10 Å². The largest absolute Gasteiger partial charge is 0.473 e. The van der Waals surface area contributed by atoms with Gasteiger partial charge in [-0.2, -0.15) is 23.3 Å². The van der Waals surface area contributed by atoms with E-state index in [0.717, 1.165) is 6.21 Å². The van der Waals surface area contributed by atoms with E-state index in [1.165, 1.54) is 12.1 Å². The van der Waals surface area contributed by atoms with E-state index in [4.69, 9.17) is 0 Å². The van der Waals surface area contributed by atoms with Gasteiger partial charge in [-0.1, -0.05) is 24.3 Å². The van der Waals surface area contributed by atoms with Gasteiger partial charge in [0.2, 0.25) is 0 Å². The first-order chi connectivity index (χ1) is 8.00. The molecule has 1 aliphatic heterocycles. The van der Waals surface area contributed by atoms with Crippen LogP contribution in [-0.4, -0.2) is 18.3 Å². The summed E-state index contributed by atoms with van der Waals surface area (Å²) in [5.41, 5.74) is 0.613. The number of benzene rings is 1. The molecule has 0 N–H and O–H groups in total. The molecule has 1 aromatic carbocycles. The van der Waals surface area contributed by atoms with E-state index >= 15 is 0 Å². The molecule has 0 aliphatic carbocycles. The van der Waals surface area contributed by atoms with Crippen LogP contribution in [0, 0.1) is 0 Å². The minimum atomic E-state index is -4.95. The lowest BCUT2D eigenvalue weighted by Crippen LogP contribution is -2.38. The number of hydrogen-bond acceptors (Lipinski definition) is 2. The van der Waals surface area contributed by atoms with Crippen LogP contribution in [0.5, 0.6) is 0 Å². The fourth-order valence-corrected chi connectivity index (χ4v) is 1.42. The number of hydrazone groups is 1. The van der Waals surface area contributed by atoms with Crippen LogP contribution in [0.3, 0.4) is 0 Å². The van der Waals surface area contributed by atoms with Crippen LogP contribution in [-0.2, 0) is 4.79 Å². The van der Waals surface area contributed by atoms with Crippen molar-refractivity contribution >= 4 is 23.9 Å². The van der Waals surface area contributed by atoms with Gasteiger partial charge in [0.1, 0.15) is 0 Å². The fourth-order valence-electron chi connectivity index (χ4n) is 1.42. The topological polar surface area (TPSA) is 32.7 Å². The summed E-state index contributed by atoms with van der Waals surface area (Å²) in [7, 11) is 0. The lowest BCUT2D eigenvalue weighted by atomic mass is 10.1. The maximum atomic E-state index is 12.4. The Morgan fingerprint density at radius 2 is 1.94 bits per heavy atom. The highest BCUT2D eigenvalue weighted by Gasteiger charge is 2.43. The minimum absolute atomic E-state index is 0.111. The fraction of sp³-hybridized carbons (Fsp3) is 0.0909. The highest BCUT2D eigenvalue weighted by atomic mass is 19.4. The van der Waals surface area contributed by atoms with Crippen molar-refractivity contribution in [2.45, 2.75) is 6.18 Å². The Kier molecular flexibility index (Phi) is 2.71. The summed E-state index contributed by atoms with van der Waals surface area (Å²) < 4.78 is 37.1. The second kappa shape index (κ2) is 4.04. The molecule has 1 amide bonds. The number of halogens is 3. The third-order valence-electron chi connectivity index (χ3n) is 2.14. The molecule has 1 aromatic rings. The molecule has 2 rings (SSSR count). The highest BCUT2D eigenvalue weighted by molar-refractivity contribution is 6.01. The van der Waals surface area contributed by atoms with Gasteiger partial charge in [0.25, 0.3) is 0 Å². The van der Waals surface area contributed by atoms with Crippen molar-refractivity contribution in [1.82, 2.24) is 0 Å². The number of allylic oxidation sites excluding steroid dienone is 1. The third-order valence-corrected chi connectivity index (χ3v) is 2.14. The first-order valence-electron chi connectivity index (χ1n) is 4.71.